The number of rotatable bonds is 6. The Morgan fingerprint density at radius 3 is 2.07 bits per heavy atom. The van der Waals surface area contributed by atoms with E-state index in [0.717, 1.165) is 18.1 Å². The van der Waals surface area contributed by atoms with E-state index in [1.165, 1.54) is 12.1 Å². The summed E-state index contributed by atoms with van der Waals surface area (Å²) in [5, 5.41) is 2.84. The van der Waals surface area contributed by atoms with E-state index in [1.807, 2.05) is 0 Å². The second kappa shape index (κ2) is 7.69. The molecular weight excluding hydrogens is 388 g/mol. The van der Waals surface area contributed by atoms with Crippen LogP contribution in [-0.4, -0.2) is 35.3 Å². The first-order valence-corrected chi connectivity index (χ1v) is 11.8. The lowest BCUT2D eigenvalue weighted by Gasteiger charge is -2.17. The van der Waals surface area contributed by atoms with Gasteiger partial charge in [0.2, 0.25) is 10.0 Å². The predicted octanol–water partition coefficient (Wildman–Crippen LogP) is 2.26. The van der Waals surface area contributed by atoms with Crippen molar-refractivity contribution in [3.63, 3.8) is 0 Å². The second-order valence-corrected chi connectivity index (χ2v) is 10.2. The van der Waals surface area contributed by atoms with E-state index in [9.17, 15) is 21.6 Å². The molecule has 2 aromatic carbocycles. The number of benzene rings is 2. The van der Waals surface area contributed by atoms with Gasteiger partial charge in [0, 0.05) is 11.8 Å². The number of nitrogens with one attached hydrogen (secondary N) is 2. The van der Waals surface area contributed by atoms with E-state index in [4.69, 9.17) is 0 Å². The van der Waals surface area contributed by atoms with E-state index in [1.54, 1.807) is 44.2 Å². The molecule has 27 heavy (non-hydrogen) atoms. The van der Waals surface area contributed by atoms with E-state index in [0.29, 0.717) is 16.8 Å². The topological polar surface area (TPSA) is 109 Å². The molecule has 9 heteroatoms. The van der Waals surface area contributed by atoms with Gasteiger partial charge in [-0.15, -0.1) is 0 Å². The summed E-state index contributed by atoms with van der Waals surface area (Å²) < 4.78 is 48.3. The third kappa shape index (κ3) is 5.54. The van der Waals surface area contributed by atoms with Crippen molar-refractivity contribution in [2.45, 2.75) is 24.8 Å². The van der Waals surface area contributed by atoms with E-state index in [-0.39, 0.29) is 16.8 Å². The van der Waals surface area contributed by atoms with Crippen LogP contribution < -0.4 is 10.0 Å². The summed E-state index contributed by atoms with van der Waals surface area (Å²) in [6.07, 6.45) is 2.18. The van der Waals surface area contributed by atoms with Crippen LogP contribution in [0.4, 0.5) is 5.69 Å². The lowest BCUT2D eigenvalue weighted by atomic mass is 10.0. The highest BCUT2D eigenvalue weighted by atomic mass is 32.2. The molecular formula is C18H22N2O5S2. The Bertz CT molecular complexity index is 1060. The highest BCUT2D eigenvalue weighted by Crippen LogP contribution is 2.22. The van der Waals surface area contributed by atoms with Crippen LogP contribution in [0, 0.1) is 6.92 Å². The molecule has 0 spiro atoms. The van der Waals surface area contributed by atoms with E-state index >= 15 is 0 Å². The van der Waals surface area contributed by atoms with Gasteiger partial charge < -0.3 is 5.32 Å². The van der Waals surface area contributed by atoms with Crippen molar-refractivity contribution >= 4 is 31.5 Å². The molecule has 1 unspecified atom stereocenters. The molecule has 0 aromatic heterocycles. The number of hydrogen-bond donors (Lipinski definition) is 2. The third-order valence-electron chi connectivity index (χ3n) is 4.03. The Morgan fingerprint density at radius 1 is 0.963 bits per heavy atom. The molecule has 1 amide bonds. The van der Waals surface area contributed by atoms with Crippen LogP contribution in [-0.2, 0) is 19.9 Å². The summed E-state index contributed by atoms with van der Waals surface area (Å²) in [6, 6.07) is 10.7. The fourth-order valence-corrected chi connectivity index (χ4v) is 3.80. The maximum Gasteiger partial charge on any atom is 0.252 e. The molecule has 7 nitrogen and oxygen atoms in total. The number of sulfone groups is 1. The summed E-state index contributed by atoms with van der Waals surface area (Å²) in [6.45, 7) is 3.44. The van der Waals surface area contributed by atoms with Crippen LogP contribution in [0.2, 0.25) is 0 Å². The van der Waals surface area contributed by atoms with Crippen LogP contribution in [0.15, 0.2) is 47.4 Å². The molecule has 2 N–H and O–H groups in total. The first-order chi connectivity index (χ1) is 12.4. The summed E-state index contributed by atoms with van der Waals surface area (Å²) in [5.74, 6) is -0.357. The van der Waals surface area contributed by atoms with Crippen LogP contribution >= 0.6 is 0 Å². The Morgan fingerprint density at radius 2 is 1.56 bits per heavy atom. The summed E-state index contributed by atoms with van der Waals surface area (Å²) >= 11 is 0. The average molecular weight is 411 g/mol. The van der Waals surface area contributed by atoms with Crippen LogP contribution in [0.3, 0.4) is 0 Å². The summed E-state index contributed by atoms with van der Waals surface area (Å²) in [7, 11) is -6.74. The highest BCUT2D eigenvalue weighted by Gasteiger charge is 2.17. The van der Waals surface area contributed by atoms with Gasteiger partial charge in [-0.25, -0.2) is 16.8 Å². The zero-order valence-electron chi connectivity index (χ0n) is 15.5. The van der Waals surface area contributed by atoms with Crippen LogP contribution in [0.1, 0.15) is 34.5 Å². The molecule has 0 bridgehead atoms. The average Bonchev–Trinajstić information content (AvgIpc) is 2.54. The lowest BCUT2D eigenvalue weighted by molar-refractivity contribution is 0.0939. The van der Waals surface area contributed by atoms with Gasteiger partial charge in [0.15, 0.2) is 9.84 Å². The van der Waals surface area contributed by atoms with Crippen LogP contribution in [0.25, 0.3) is 0 Å². The first-order valence-electron chi connectivity index (χ1n) is 8.07. The molecule has 0 radical (unpaired) electrons. The molecule has 146 valence electrons. The van der Waals surface area contributed by atoms with Gasteiger partial charge in [-0.3, -0.25) is 9.52 Å². The maximum atomic E-state index is 12.6. The van der Waals surface area contributed by atoms with Crippen molar-refractivity contribution in [2.24, 2.45) is 0 Å². The number of anilines is 1. The molecule has 2 aromatic rings. The van der Waals surface area contributed by atoms with Gasteiger partial charge in [-0.1, -0.05) is 18.2 Å². The zero-order valence-corrected chi connectivity index (χ0v) is 17.1. The summed E-state index contributed by atoms with van der Waals surface area (Å²) in [5.41, 5.74) is 1.96. The molecule has 0 aliphatic rings. The standard InChI is InChI=1S/C18H22N2O5S2/c1-12-16(6-5-7-17(12)20-27(4,24)25)18(21)19-13(2)14-8-10-15(11-9-14)26(3,22)23/h5-11,13,20H,1-4H3,(H,19,21). The molecule has 0 saturated heterocycles. The molecule has 0 saturated carbocycles. The SMILES string of the molecule is Cc1c(NS(C)(=O)=O)cccc1C(=O)NC(C)c1ccc(S(C)(=O)=O)cc1. The number of sulfonamides is 1. The number of amides is 1. The first kappa shape index (κ1) is 20.9. The van der Waals surface area contributed by atoms with Crippen molar-refractivity contribution < 1.29 is 21.6 Å². The lowest BCUT2D eigenvalue weighted by Crippen LogP contribution is -2.27. The Kier molecular flexibility index (Phi) is 5.96. The van der Waals surface area contributed by atoms with Crippen molar-refractivity contribution in [1.82, 2.24) is 5.32 Å². The number of carbonyl (C=O) groups excluding carboxylic acids is 1. The molecule has 0 aliphatic heterocycles. The minimum atomic E-state index is -3.46. The minimum Gasteiger partial charge on any atom is -0.346 e. The maximum absolute atomic E-state index is 12.6. The molecule has 0 heterocycles. The van der Waals surface area contributed by atoms with Crippen molar-refractivity contribution in [3.8, 4) is 0 Å². The van der Waals surface area contributed by atoms with Gasteiger partial charge in [-0.05, 0) is 49.2 Å². The minimum absolute atomic E-state index is 0.208. The van der Waals surface area contributed by atoms with Gasteiger partial charge in [0.1, 0.15) is 0 Å². The van der Waals surface area contributed by atoms with Gasteiger partial charge >= 0.3 is 0 Å². The zero-order chi connectivity index (χ0) is 20.4. The van der Waals surface area contributed by atoms with Crippen molar-refractivity contribution in [2.75, 3.05) is 17.2 Å². The molecule has 0 fully saturated rings. The smallest absolute Gasteiger partial charge is 0.252 e. The molecule has 2 rings (SSSR count). The summed E-state index contributed by atoms with van der Waals surface area (Å²) in [4.78, 5) is 12.8. The van der Waals surface area contributed by atoms with Gasteiger partial charge in [-0.2, -0.15) is 0 Å². The Balaban J connectivity index is 2.21. The third-order valence-corrected chi connectivity index (χ3v) is 5.75. The number of carbonyl (C=O) groups is 1. The Labute approximate surface area is 159 Å². The molecule has 0 aliphatic carbocycles. The van der Waals surface area contributed by atoms with Gasteiger partial charge in [0.25, 0.3) is 5.91 Å². The van der Waals surface area contributed by atoms with Gasteiger partial charge in [0.05, 0.1) is 22.9 Å². The van der Waals surface area contributed by atoms with Crippen molar-refractivity contribution in [1.29, 1.82) is 0 Å². The second-order valence-electron chi connectivity index (χ2n) is 6.39. The van der Waals surface area contributed by atoms with E-state index in [2.05, 4.69) is 10.0 Å². The normalized spacial score (nSPS) is 13.0. The predicted molar refractivity (Wildman–Crippen MR) is 105 cm³/mol. The van der Waals surface area contributed by atoms with Crippen molar-refractivity contribution in [3.05, 3.63) is 59.2 Å². The fraction of sp³-hybridized carbons (Fsp3) is 0.278. The Hall–Kier alpha value is -2.39. The largest absolute Gasteiger partial charge is 0.346 e. The fourth-order valence-electron chi connectivity index (χ4n) is 2.55. The number of hydrogen-bond acceptors (Lipinski definition) is 5. The van der Waals surface area contributed by atoms with Crippen LogP contribution in [0.5, 0.6) is 0 Å². The highest BCUT2D eigenvalue weighted by molar-refractivity contribution is 7.92. The monoisotopic (exact) mass is 410 g/mol. The van der Waals surface area contributed by atoms with E-state index < -0.39 is 19.9 Å². The quantitative estimate of drug-likeness (QED) is 0.759. The molecule has 1 atom stereocenters.